The van der Waals surface area contributed by atoms with Gasteiger partial charge in [0.2, 0.25) is 11.6 Å². The summed E-state index contributed by atoms with van der Waals surface area (Å²) in [5.41, 5.74) is -1.84. The van der Waals surface area contributed by atoms with Gasteiger partial charge in [0.1, 0.15) is 11.3 Å². The maximum absolute atomic E-state index is 13.2. The molecule has 0 aromatic rings. The van der Waals surface area contributed by atoms with E-state index in [2.05, 4.69) is 6.92 Å². The number of aliphatic hydroxyl groups is 2. The maximum atomic E-state index is 13.2. The zero-order valence-electron chi connectivity index (χ0n) is 18.1. The van der Waals surface area contributed by atoms with E-state index < -0.39 is 40.7 Å². The van der Waals surface area contributed by atoms with Crippen molar-refractivity contribution >= 4 is 23.4 Å². The lowest BCUT2D eigenvalue weighted by atomic mass is 9.75. The second kappa shape index (κ2) is 8.06. The molecule has 0 amide bonds. The number of rotatable bonds is 6. The van der Waals surface area contributed by atoms with Crippen LogP contribution in [0.1, 0.15) is 41.0 Å². The molecule has 0 saturated heterocycles. The van der Waals surface area contributed by atoms with Crippen molar-refractivity contribution in [1.82, 2.24) is 0 Å². The quantitative estimate of drug-likeness (QED) is 0.568. The average molecular weight is 451 g/mol. The van der Waals surface area contributed by atoms with Crippen LogP contribution in [0.25, 0.3) is 0 Å². The molecule has 3 unspecified atom stereocenters. The number of fused-ring (bicyclic) bond motifs is 3. The van der Waals surface area contributed by atoms with Gasteiger partial charge in [-0.1, -0.05) is 44.9 Å². The van der Waals surface area contributed by atoms with Gasteiger partial charge < -0.3 is 24.8 Å². The minimum atomic E-state index is -2.41. The average Bonchev–Trinajstić information content (AvgIpc) is 2.98. The fourth-order valence-corrected chi connectivity index (χ4v) is 4.26. The lowest BCUT2D eigenvalue weighted by Crippen LogP contribution is -2.50. The minimum Gasteiger partial charge on any atom is -0.478 e. The molecule has 0 fully saturated rings. The molecule has 1 aliphatic carbocycles. The molecule has 0 saturated carbocycles. The summed E-state index contributed by atoms with van der Waals surface area (Å²) in [6, 6.07) is 0. The zero-order valence-corrected chi connectivity index (χ0v) is 18.9. The second-order valence-corrected chi connectivity index (χ2v) is 8.79. The summed E-state index contributed by atoms with van der Waals surface area (Å²) in [5, 5.41) is 31.1. The third-order valence-electron chi connectivity index (χ3n) is 6.26. The minimum absolute atomic E-state index is 0.0272. The van der Waals surface area contributed by atoms with Crippen molar-refractivity contribution in [3.8, 4) is 0 Å². The molecule has 0 spiro atoms. The van der Waals surface area contributed by atoms with Crippen molar-refractivity contribution < 1.29 is 34.4 Å². The Bertz CT molecular complexity index is 984. The number of carbonyl (C=O) groups excluding carboxylic acids is 1. The topological polar surface area (TPSA) is 113 Å². The molecule has 3 rings (SSSR count). The normalized spacial score (nSPS) is 31.0. The molecular formula is C23H27ClO7. The summed E-state index contributed by atoms with van der Waals surface area (Å²) in [6.45, 7) is 8.31. The molecule has 0 aromatic carbocycles. The molecule has 31 heavy (non-hydrogen) atoms. The van der Waals surface area contributed by atoms with Crippen LogP contribution >= 0.6 is 11.6 Å². The Morgan fingerprint density at radius 1 is 1.32 bits per heavy atom. The Kier molecular flexibility index (Phi) is 6.10. The molecule has 5 atom stereocenters. The molecule has 3 aliphatic rings. The fraction of sp³-hybridized carbons (Fsp3) is 0.478. The number of halogens is 1. The third kappa shape index (κ3) is 3.59. The molecule has 7 nitrogen and oxygen atoms in total. The lowest BCUT2D eigenvalue weighted by Gasteiger charge is -2.37. The number of carbonyl (C=O) groups is 2. The van der Waals surface area contributed by atoms with Crippen LogP contribution < -0.4 is 0 Å². The van der Waals surface area contributed by atoms with Gasteiger partial charge in [-0.25, -0.2) is 4.79 Å². The molecule has 0 bridgehead atoms. The molecule has 2 heterocycles. The number of carboxylic acid groups (broad SMARTS) is 1. The predicted octanol–water partition coefficient (Wildman–Crippen LogP) is 3.34. The van der Waals surface area contributed by atoms with Crippen LogP contribution in [0, 0.1) is 11.8 Å². The number of hydrogen-bond acceptors (Lipinski definition) is 6. The van der Waals surface area contributed by atoms with Gasteiger partial charge in [-0.2, -0.15) is 0 Å². The first-order valence-corrected chi connectivity index (χ1v) is 10.6. The summed E-state index contributed by atoms with van der Waals surface area (Å²) in [6.07, 6.45) is 6.43. The van der Waals surface area contributed by atoms with Gasteiger partial charge in [-0.05, 0) is 31.9 Å². The van der Waals surface area contributed by atoms with Crippen LogP contribution in [-0.4, -0.2) is 44.6 Å². The van der Waals surface area contributed by atoms with Gasteiger partial charge >= 0.3 is 5.97 Å². The van der Waals surface area contributed by atoms with E-state index in [0.717, 1.165) is 6.42 Å². The third-order valence-corrected chi connectivity index (χ3v) is 6.64. The van der Waals surface area contributed by atoms with Crippen molar-refractivity contribution in [3.05, 3.63) is 57.6 Å². The van der Waals surface area contributed by atoms with Crippen molar-refractivity contribution in [2.75, 3.05) is 0 Å². The Morgan fingerprint density at radius 3 is 2.52 bits per heavy atom. The van der Waals surface area contributed by atoms with E-state index in [0.29, 0.717) is 17.3 Å². The fourth-order valence-electron chi connectivity index (χ4n) is 3.92. The number of ether oxygens (including phenoxy) is 2. The van der Waals surface area contributed by atoms with Gasteiger partial charge in [-0.3, -0.25) is 4.79 Å². The second-order valence-electron chi connectivity index (χ2n) is 8.41. The van der Waals surface area contributed by atoms with Crippen LogP contribution in [0.2, 0.25) is 0 Å². The Labute approximate surface area is 186 Å². The zero-order chi connectivity index (χ0) is 23.3. The molecule has 3 N–H and O–H groups in total. The van der Waals surface area contributed by atoms with Gasteiger partial charge in [0, 0.05) is 22.6 Å². The smallest absolute Gasteiger partial charge is 0.337 e. The number of carboxylic acids is 1. The van der Waals surface area contributed by atoms with E-state index in [-0.39, 0.29) is 16.2 Å². The van der Waals surface area contributed by atoms with Crippen LogP contribution in [-0.2, 0) is 19.1 Å². The monoisotopic (exact) mass is 450 g/mol. The highest BCUT2D eigenvalue weighted by Gasteiger charge is 2.64. The van der Waals surface area contributed by atoms with Crippen molar-refractivity contribution in [2.45, 2.75) is 58.5 Å². The summed E-state index contributed by atoms with van der Waals surface area (Å²) in [5.74, 6) is -4.83. The largest absolute Gasteiger partial charge is 0.478 e. The highest BCUT2D eigenvalue weighted by molar-refractivity contribution is 6.45. The van der Waals surface area contributed by atoms with E-state index in [4.69, 9.17) is 21.1 Å². The summed E-state index contributed by atoms with van der Waals surface area (Å²) < 4.78 is 11.4. The first kappa shape index (κ1) is 23.5. The first-order valence-electron chi connectivity index (χ1n) is 10.2. The van der Waals surface area contributed by atoms with Crippen LogP contribution in [0.15, 0.2) is 57.6 Å². The van der Waals surface area contributed by atoms with Gasteiger partial charge in [-0.15, -0.1) is 0 Å². The predicted molar refractivity (Wildman–Crippen MR) is 114 cm³/mol. The van der Waals surface area contributed by atoms with Crippen LogP contribution in [0.3, 0.4) is 0 Å². The molecule has 2 aliphatic heterocycles. The summed E-state index contributed by atoms with van der Waals surface area (Å²) in [7, 11) is 0. The summed E-state index contributed by atoms with van der Waals surface area (Å²) in [4.78, 5) is 25.5. The van der Waals surface area contributed by atoms with E-state index in [9.17, 15) is 24.9 Å². The van der Waals surface area contributed by atoms with E-state index >= 15 is 0 Å². The highest BCUT2D eigenvalue weighted by atomic mass is 35.5. The first-order chi connectivity index (χ1) is 14.4. The van der Waals surface area contributed by atoms with Gasteiger partial charge in [0.15, 0.2) is 5.60 Å². The Balaban J connectivity index is 2.21. The van der Waals surface area contributed by atoms with Gasteiger partial charge in [0.05, 0.1) is 17.4 Å². The van der Waals surface area contributed by atoms with Crippen LogP contribution in [0.4, 0.5) is 0 Å². The number of Topliss-reactive ketones (excluding diaryl/α,β-unsaturated/α-hetero) is 1. The van der Waals surface area contributed by atoms with E-state index in [1.54, 1.807) is 12.2 Å². The van der Waals surface area contributed by atoms with Crippen molar-refractivity contribution in [2.24, 2.45) is 11.8 Å². The van der Waals surface area contributed by atoms with Crippen molar-refractivity contribution in [1.29, 1.82) is 0 Å². The SMILES string of the molecule is CC[C@H](C)/C=C/C1=CC2=C(Cl)C(=O)[C@@]3(C)OC(O)(C(C)C(C)O)C(C(=O)O)=C3C2=CO1. The van der Waals surface area contributed by atoms with Crippen LogP contribution in [0.5, 0.6) is 0 Å². The number of hydrogen-bond donors (Lipinski definition) is 3. The Hall–Kier alpha value is -2.19. The summed E-state index contributed by atoms with van der Waals surface area (Å²) >= 11 is 6.40. The highest BCUT2D eigenvalue weighted by Crippen LogP contribution is 2.55. The number of ketones is 1. The van der Waals surface area contributed by atoms with Gasteiger partial charge in [0.25, 0.3) is 0 Å². The molecule has 8 heteroatoms. The molecular weight excluding hydrogens is 424 g/mol. The number of aliphatic hydroxyl groups excluding tert-OH is 1. The van der Waals surface area contributed by atoms with Crippen molar-refractivity contribution in [3.63, 3.8) is 0 Å². The maximum Gasteiger partial charge on any atom is 0.337 e. The molecule has 168 valence electrons. The molecule has 0 aromatic heterocycles. The number of allylic oxidation sites excluding steroid dienone is 4. The standard InChI is InChI=1S/C23H27ClO7/c1-6-11(2)7-8-14-9-15-16(10-30-14)17-18(21(27)28)23(29,12(3)13(4)25)31-22(17,5)20(26)19(15)24/h7-13,25,29H,6H2,1-5H3,(H,27,28)/b8-7+/t11-,12?,13?,22-,23?/m0/s1. The lowest BCUT2D eigenvalue weighted by molar-refractivity contribution is -0.243. The Morgan fingerprint density at radius 2 is 1.97 bits per heavy atom. The number of aliphatic carboxylic acids is 1. The molecule has 0 radical (unpaired) electrons. The van der Waals surface area contributed by atoms with E-state index in [1.807, 2.05) is 13.0 Å². The van der Waals surface area contributed by atoms with E-state index in [1.165, 1.54) is 27.0 Å².